The second kappa shape index (κ2) is 11.9. The number of halogens is 3. The summed E-state index contributed by atoms with van der Waals surface area (Å²) in [6.07, 6.45) is 1.62. The van der Waals surface area contributed by atoms with Crippen molar-refractivity contribution < 1.29 is 19.1 Å². The maximum atomic E-state index is 12.9. The first-order valence-corrected chi connectivity index (χ1v) is 13.9. The van der Waals surface area contributed by atoms with Crippen LogP contribution in [-0.4, -0.2) is 28.5 Å². The number of amides is 3. The molecule has 0 atom stereocenters. The van der Waals surface area contributed by atoms with Crippen molar-refractivity contribution in [1.29, 1.82) is 0 Å². The van der Waals surface area contributed by atoms with Gasteiger partial charge in [0.25, 0.3) is 11.1 Å². The molecule has 0 unspecified atom stereocenters. The van der Waals surface area contributed by atoms with Crippen molar-refractivity contribution >= 4 is 84.0 Å². The SMILES string of the molecule is Cc1ccc(NC(=O)CN2C(=O)S/C(=C/c3cc(Br)c(OCc4ccc(Cl)cc4)c(Br)c3)C2=O)c(C)c1. The average molecular weight is 665 g/mol. The molecular formula is C27H21Br2ClN2O4S. The molecule has 0 radical (unpaired) electrons. The van der Waals surface area contributed by atoms with E-state index in [1.165, 1.54) is 0 Å². The number of carbonyl (C=O) groups excluding carboxylic acids is 3. The number of aryl methyl sites for hydroxylation is 2. The van der Waals surface area contributed by atoms with Gasteiger partial charge in [-0.15, -0.1) is 0 Å². The van der Waals surface area contributed by atoms with Crippen LogP contribution in [0.15, 0.2) is 68.4 Å². The minimum Gasteiger partial charge on any atom is -0.487 e. The second-order valence-corrected chi connectivity index (χ2v) is 11.5. The van der Waals surface area contributed by atoms with Gasteiger partial charge >= 0.3 is 0 Å². The number of ether oxygens (including phenoxy) is 1. The topological polar surface area (TPSA) is 75.7 Å². The highest BCUT2D eigenvalue weighted by molar-refractivity contribution is 9.11. The Morgan fingerprint density at radius 2 is 1.73 bits per heavy atom. The van der Waals surface area contributed by atoms with Gasteiger partial charge in [0.2, 0.25) is 5.91 Å². The van der Waals surface area contributed by atoms with Crippen LogP contribution >= 0.6 is 55.2 Å². The van der Waals surface area contributed by atoms with Crippen LogP contribution in [-0.2, 0) is 16.2 Å². The van der Waals surface area contributed by atoms with Gasteiger partial charge in [0.1, 0.15) is 18.9 Å². The fraction of sp³-hybridized carbons (Fsp3) is 0.148. The van der Waals surface area contributed by atoms with E-state index in [0.29, 0.717) is 37.6 Å². The van der Waals surface area contributed by atoms with Crippen molar-refractivity contribution in [1.82, 2.24) is 4.90 Å². The Labute approximate surface area is 240 Å². The van der Waals surface area contributed by atoms with Crippen LogP contribution in [0.2, 0.25) is 5.02 Å². The molecule has 1 N–H and O–H groups in total. The number of nitrogens with zero attached hydrogens (tertiary/aromatic N) is 1. The van der Waals surface area contributed by atoms with E-state index in [1.807, 2.05) is 38.1 Å². The van der Waals surface area contributed by atoms with Crippen molar-refractivity contribution in [2.75, 3.05) is 11.9 Å². The smallest absolute Gasteiger partial charge is 0.294 e. The number of hydrogen-bond donors (Lipinski definition) is 1. The van der Waals surface area contributed by atoms with Gasteiger partial charge in [-0.2, -0.15) is 0 Å². The molecule has 0 aromatic heterocycles. The summed E-state index contributed by atoms with van der Waals surface area (Å²) in [6, 6.07) is 16.6. The number of carbonyl (C=O) groups is 3. The van der Waals surface area contributed by atoms with E-state index in [9.17, 15) is 14.4 Å². The summed E-state index contributed by atoms with van der Waals surface area (Å²) in [5.41, 5.74) is 4.27. The molecule has 0 aliphatic carbocycles. The maximum absolute atomic E-state index is 12.9. The minimum atomic E-state index is -0.513. The van der Waals surface area contributed by atoms with Gasteiger partial charge < -0.3 is 10.1 Å². The molecule has 1 aliphatic rings. The number of nitrogens with one attached hydrogen (secondary N) is 1. The van der Waals surface area contributed by atoms with E-state index < -0.39 is 17.1 Å². The van der Waals surface area contributed by atoms with Crippen LogP contribution in [0.3, 0.4) is 0 Å². The van der Waals surface area contributed by atoms with Crippen molar-refractivity contribution in [2.24, 2.45) is 0 Å². The first-order valence-electron chi connectivity index (χ1n) is 11.1. The lowest BCUT2D eigenvalue weighted by molar-refractivity contribution is -0.127. The lowest BCUT2D eigenvalue weighted by atomic mass is 10.1. The number of hydrogen-bond acceptors (Lipinski definition) is 5. The van der Waals surface area contributed by atoms with Gasteiger partial charge in [-0.1, -0.05) is 41.4 Å². The molecule has 4 rings (SSSR count). The first-order chi connectivity index (χ1) is 17.6. The molecule has 190 valence electrons. The normalized spacial score (nSPS) is 14.4. The molecule has 3 amide bonds. The van der Waals surface area contributed by atoms with Gasteiger partial charge in [0, 0.05) is 10.7 Å². The fourth-order valence-electron chi connectivity index (χ4n) is 3.61. The Morgan fingerprint density at radius 3 is 2.38 bits per heavy atom. The van der Waals surface area contributed by atoms with Crippen LogP contribution < -0.4 is 10.1 Å². The third-order valence-corrected chi connectivity index (χ3v) is 7.78. The van der Waals surface area contributed by atoms with Gasteiger partial charge in [0.15, 0.2) is 0 Å². The first kappa shape index (κ1) is 27.4. The molecule has 10 heteroatoms. The van der Waals surface area contributed by atoms with Crippen molar-refractivity contribution in [3.8, 4) is 5.75 Å². The van der Waals surface area contributed by atoms with Crippen LogP contribution in [0, 0.1) is 13.8 Å². The van der Waals surface area contributed by atoms with Gasteiger partial charge in [-0.25, -0.2) is 0 Å². The number of thioether (sulfide) groups is 1. The molecule has 1 aliphatic heterocycles. The van der Waals surface area contributed by atoms with Crippen molar-refractivity contribution in [3.05, 3.63) is 95.7 Å². The highest BCUT2D eigenvalue weighted by Gasteiger charge is 2.36. The Hall–Kier alpha value is -2.59. The third kappa shape index (κ3) is 6.84. The highest BCUT2D eigenvalue weighted by atomic mass is 79.9. The Morgan fingerprint density at radius 1 is 1.05 bits per heavy atom. The third-order valence-electron chi connectivity index (χ3n) is 5.45. The van der Waals surface area contributed by atoms with E-state index in [2.05, 4.69) is 37.2 Å². The molecule has 0 bridgehead atoms. The Bertz CT molecular complexity index is 1400. The van der Waals surface area contributed by atoms with E-state index in [1.54, 1.807) is 36.4 Å². The largest absolute Gasteiger partial charge is 0.487 e. The standard InChI is InChI=1S/C27H21Br2ClN2O4S/c1-15-3-8-22(16(2)9-15)31-24(33)13-32-26(34)23(37-27(32)35)12-18-10-20(28)25(21(29)11-18)36-14-17-4-6-19(30)7-5-17/h3-12H,13-14H2,1-2H3,(H,31,33)/b23-12+. The summed E-state index contributed by atoms with van der Waals surface area (Å²) in [5.74, 6) is -0.354. The summed E-state index contributed by atoms with van der Waals surface area (Å²) in [7, 11) is 0. The highest BCUT2D eigenvalue weighted by Crippen LogP contribution is 2.38. The maximum Gasteiger partial charge on any atom is 0.294 e. The monoisotopic (exact) mass is 662 g/mol. The molecule has 1 saturated heterocycles. The van der Waals surface area contributed by atoms with Gasteiger partial charge in [-0.05, 0) is 111 Å². The quantitative estimate of drug-likeness (QED) is 0.262. The predicted octanol–water partition coefficient (Wildman–Crippen LogP) is 7.74. The zero-order valence-electron chi connectivity index (χ0n) is 19.8. The van der Waals surface area contributed by atoms with Crippen molar-refractivity contribution in [3.63, 3.8) is 0 Å². The Kier molecular flexibility index (Phi) is 8.79. The van der Waals surface area contributed by atoms with E-state index in [0.717, 1.165) is 33.4 Å². The van der Waals surface area contributed by atoms with Gasteiger partial charge in [-0.3, -0.25) is 19.3 Å². The summed E-state index contributed by atoms with van der Waals surface area (Å²) in [6.45, 7) is 3.83. The lowest BCUT2D eigenvalue weighted by Gasteiger charge is -2.14. The second-order valence-electron chi connectivity index (χ2n) is 8.36. The van der Waals surface area contributed by atoms with E-state index >= 15 is 0 Å². The van der Waals surface area contributed by atoms with Crippen molar-refractivity contribution in [2.45, 2.75) is 20.5 Å². The molecule has 1 fully saturated rings. The summed E-state index contributed by atoms with van der Waals surface area (Å²) >= 11 is 13.8. The summed E-state index contributed by atoms with van der Waals surface area (Å²) < 4.78 is 7.29. The van der Waals surface area contributed by atoms with Crippen LogP contribution in [0.1, 0.15) is 22.3 Å². The number of imide groups is 1. The summed E-state index contributed by atoms with van der Waals surface area (Å²) in [5, 5.41) is 2.93. The molecule has 37 heavy (non-hydrogen) atoms. The molecule has 6 nitrogen and oxygen atoms in total. The number of benzene rings is 3. The minimum absolute atomic E-state index is 0.234. The van der Waals surface area contributed by atoms with Crippen LogP contribution in [0.25, 0.3) is 6.08 Å². The summed E-state index contributed by atoms with van der Waals surface area (Å²) in [4.78, 5) is 39.2. The van der Waals surface area contributed by atoms with E-state index in [-0.39, 0.29) is 11.4 Å². The molecule has 0 spiro atoms. The zero-order chi connectivity index (χ0) is 26.7. The molecular weight excluding hydrogens is 644 g/mol. The number of anilines is 1. The van der Waals surface area contributed by atoms with E-state index in [4.69, 9.17) is 16.3 Å². The fourth-order valence-corrected chi connectivity index (χ4v) is 6.03. The lowest BCUT2D eigenvalue weighted by Crippen LogP contribution is -2.36. The molecule has 1 heterocycles. The average Bonchev–Trinajstić information content (AvgIpc) is 3.08. The molecule has 3 aromatic carbocycles. The number of rotatable bonds is 7. The predicted molar refractivity (Wildman–Crippen MR) is 155 cm³/mol. The van der Waals surface area contributed by atoms with Crippen LogP contribution in [0.5, 0.6) is 5.75 Å². The molecule has 3 aromatic rings. The Balaban J connectivity index is 1.43. The van der Waals surface area contributed by atoms with Crippen LogP contribution in [0.4, 0.5) is 10.5 Å². The zero-order valence-corrected chi connectivity index (χ0v) is 24.6. The molecule has 0 saturated carbocycles. The van der Waals surface area contributed by atoms with Gasteiger partial charge in [0.05, 0.1) is 13.9 Å².